The van der Waals surface area contributed by atoms with Crippen molar-refractivity contribution in [3.05, 3.63) is 36.4 Å². The normalized spacial score (nSPS) is 16.8. The lowest BCUT2D eigenvalue weighted by atomic mass is 9.98. The van der Waals surface area contributed by atoms with Gasteiger partial charge in [0.1, 0.15) is 29.4 Å². The summed E-state index contributed by atoms with van der Waals surface area (Å²) < 4.78 is 53.7. The number of sulfonamides is 1. The minimum atomic E-state index is -3.59. The third kappa shape index (κ3) is 5.75. The molecule has 1 atom stereocenters. The van der Waals surface area contributed by atoms with E-state index in [9.17, 15) is 17.2 Å². The van der Waals surface area contributed by atoms with E-state index in [4.69, 9.17) is 5.41 Å². The molecule has 1 aliphatic heterocycles. The van der Waals surface area contributed by atoms with Crippen molar-refractivity contribution in [1.82, 2.24) is 33.8 Å². The van der Waals surface area contributed by atoms with Gasteiger partial charge < -0.3 is 9.80 Å². The number of nitrogens with zero attached hydrogens (tertiary/aromatic N) is 8. The van der Waals surface area contributed by atoms with Crippen LogP contribution < -0.4 is 4.90 Å². The Morgan fingerprint density at radius 2 is 2.03 bits per heavy atom. The van der Waals surface area contributed by atoms with Gasteiger partial charge in [0.25, 0.3) is 6.43 Å². The van der Waals surface area contributed by atoms with Gasteiger partial charge in [0, 0.05) is 25.7 Å². The Labute approximate surface area is 208 Å². The number of rotatable bonds is 8. The molecule has 0 aromatic carbocycles. The van der Waals surface area contributed by atoms with Gasteiger partial charge in [-0.1, -0.05) is 0 Å². The Balaban J connectivity index is 1.55. The molecule has 0 bridgehead atoms. The Bertz CT molecular complexity index is 1350. The van der Waals surface area contributed by atoms with Gasteiger partial charge in [0.15, 0.2) is 5.65 Å². The molecule has 11 nitrogen and oxygen atoms in total. The molecule has 1 aliphatic rings. The zero-order chi connectivity index (χ0) is 26.0. The van der Waals surface area contributed by atoms with Crippen LogP contribution in [0.25, 0.3) is 17.0 Å². The van der Waals surface area contributed by atoms with Gasteiger partial charge in [0.05, 0.1) is 24.7 Å². The van der Waals surface area contributed by atoms with Crippen LogP contribution in [-0.2, 0) is 10.0 Å². The third-order valence-electron chi connectivity index (χ3n) is 5.96. The molecule has 1 unspecified atom stereocenters. The van der Waals surface area contributed by atoms with Crippen molar-refractivity contribution in [2.45, 2.75) is 19.3 Å². The van der Waals surface area contributed by atoms with Crippen molar-refractivity contribution in [2.24, 2.45) is 5.92 Å². The molecule has 194 valence electrons. The molecule has 4 heterocycles. The zero-order valence-corrected chi connectivity index (χ0v) is 21.2. The number of alkyl halides is 2. The van der Waals surface area contributed by atoms with Crippen LogP contribution in [0, 0.1) is 11.3 Å². The molecule has 4 rings (SSSR count). The smallest absolute Gasteiger partial charge is 0.282 e. The van der Waals surface area contributed by atoms with Gasteiger partial charge in [-0.2, -0.15) is 5.10 Å². The van der Waals surface area contributed by atoms with Gasteiger partial charge in [-0.15, -0.1) is 0 Å². The second kappa shape index (κ2) is 10.4. The Kier molecular flexibility index (Phi) is 7.45. The summed E-state index contributed by atoms with van der Waals surface area (Å²) in [4.78, 5) is 16.8. The summed E-state index contributed by atoms with van der Waals surface area (Å²) in [5.41, 5.74) is 1.02. The van der Waals surface area contributed by atoms with E-state index < -0.39 is 16.4 Å². The fourth-order valence-corrected chi connectivity index (χ4v) is 5.26. The van der Waals surface area contributed by atoms with Crippen LogP contribution in [0.1, 0.15) is 25.0 Å². The first-order chi connectivity index (χ1) is 17.0. The van der Waals surface area contributed by atoms with E-state index in [1.54, 1.807) is 25.1 Å². The maximum atomic E-state index is 13.2. The van der Waals surface area contributed by atoms with Gasteiger partial charge >= 0.3 is 0 Å². The van der Waals surface area contributed by atoms with E-state index in [0.717, 1.165) is 25.6 Å². The molecule has 3 aromatic heterocycles. The number of amidine groups is 1. The van der Waals surface area contributed by atoms with Gasteiger partial charge in [-0.3, -0.25) is 9.71 Å². The molecule has 0 saturated carbocycles. The van der Waals surface area contributed by atoms with Crippen LogP contribution >= 0.6 is 0 Å². The predicted octanol–water partition coefficient (Wildman–Crippen LogP) is 2.14. The molecule has 3 aromatic rings. The number of nitrogens with one attached hydrogen (secondary N) is 1. The molecule has 0 aliphatic carbocycles. The number of fused-ring (bicyclic) bond motifs is 1. The van der Waals surface area contributed by atoms with Crippen molar-refractivity contribution in [3.63, 3.8) is 0 Å². The highest BCUT2D eigenvalue weighted by Crippen LogP contribution is 2.27. The number of hydrogen-bond donors (Lipinski definition) is 1. The minimum Gasteiger partial charge on any atom is -0.356 e. The standard InChI is InChI=1S/C22H29F2N9O2S/c1-30(2)13-19(25)32(36(3,34)35)12-15-5-4-8-31(11-15)21-9-17(27-14-28-21)18-10-26-20-7-6-16(22(23)24)29-33(18)20/h6-7,9-10,14-15,22,25H,4-5,8,11-13H2,1-3H3. The summed E-state index contributed by atoms with van der Waals surface area (Å²) in [5, 5.41) is 12.3. The average Bonchev–Trinajstić information content (AvgIpc) is 3.25. The topological polar surface area (TPSA) is 124 Å². The predicted molar refractivity (Wildman–Crippen MR) is 132 cm³/mol. The highest BCUT2D eigenvalue weighted by atomic mass is 32.2. The van der Waals surface area contributed by atoms with Crippen molar-refractivity contribution >= 4 is 27.3 Å². The third-order valence-corrected chi connectivity index (χ3v) is 7.13. The van der Waals surface area contributed by atoms with Crippen LogP contribution in [-0.4, -0.2) is 94.6 Å². The summed E-state index contributed by atoms with van der Waals surface area (Å²) in [5.74, 6) is 0.673. The number of anilines is 1. The SMILES string of the molecule is CN(C)CC(=N)N(CC1CCCN(c2cc(-c3cnc4ccc(C(F)F)nn34)ncn2)C1)S(C)(=O)=O. The maximum Gasteiger partial charge on any atom is 0.282 e. The number of piperidine rings is 1. The van der Waals surface area contributed by atoms with Gasteiger partial charge in [-0.25, -0.2) is 36.7 Å². The highest BCUT2D eigenvalue weighted by molar-refractivity contribution is 7.88. The lowest BCUT2D eigenvalue weighted by Gasteiger charge is -2.36. The van der Waals surface area contributed by atoms with E-state index in [2.05, 4.69) is 25.0 Å². The lowest BCUT2D eigenvalue weighted by Crippen LogP contribution is -2.47. The van der Waals surface area contributed by atoms with Crippen molar-refractivity contribution in [2.75, 3.05) is 51.4 Å². The van der Waals surface area contributed by atoms with Crippen molar-refractivity contribution < 1.29 is 17.2 Å². The molecule has 36 heavy (non-hydrogen) atoms. The molecule has 0 radical (unpaired) electrons. The first-order valence-electron chi connectivity index (χ1n) is 11.4. The van der Waals surface area contributed by atoms with Crippen LogP contribution in [0.2, 0.25) is 0 Å². The minimum absolute atomic E-state index is 0.000432. The van der Waals surface area contributed by atoms with Crippen molar-refractivity contribution in [1.29, 1.82) is 5.41 Å². The first-order valence-corrected chi connectivity index (χ1v) is 13.3. The molecule has 1 fully saturated rings. The Morgan fingerprint density at radius 1 is 1.25 bits per heavy atom. The van der Waals surface area contributed by atoms with Crippen LogP contribution in [0.5, 0.6) is 0 Å². The molecule has 1 N–H and O–H groups in total. The summed E-state index contributed by atoms with van der Waals surface area (Å²) in [6.45, 7) is 1.72. The van der Waals surface area contributed by atoms with Gasteiger partial charge in [0.2, 0.25) is 10.0 Å². The Hall–Kier alpha value is -3.26. The molecule has 14 heteroatoms. The maximum absolute atomic E-state index is 13.2. The molecule has 0 amide bonds. The molecular weight excluding hydrogens is 492 g/mol. The van der Waals surface area contributed by atoms with E-state index in [0.29, 0.717) is 29.4 Å². The summed E-state index contributed by atoms with van der Waals surface area (Å²) >= 11 is 0. The first kappa shape index (κ1) is 25.8. The fourth-order valence-electron chi connectivity index (χ4n) is 4.32. The van der Waals surface area contributed by atoms with Crippen molar-refractivity contribution in [3.8, 4) is 11.4 Å². The quantitative estimate of drug-likeness (QED) is 0.353. The number of imidazole rings is 1. The van der Waals surface area contributed by atoms with Crippen LogP contribution in [0.15, 0.2) is 30.7 Å². The lowest BCUT2D eigenvalue weighted by molar-refractivity contribution is 0.144. The number of likely N-dealkylation sites (N-methyl/N-ethyl adjacent to an activating group) is 1. The highest BCUT2D eigenvalue weighted by Gasteiger charge is 2.28. The zero-order valence-electron chi connectivity index (χ0n) is 20.3. The van der Waals surface area contributed by atoms with Crippen LogP contribution in [0.4, 0.5) is 14.6 Å². The second-order valence-corrected chi connectivity index (χ2v) is 11.1. The monoisotopic (exact) mass is 521 g/mol. The molecular formula is C22H29F2N9O2S. The average molecular weight is 522 g/mol. The summed E-state index contributed by atoms with van der Waals surface area (Å²) in [6.07, 6.45) is 3.00. The number of halogens is 2. The van der Waals surface area contributed by atoms with Crippen LogP contribution in [0.3, 0.4) is 0 Å². The largest absolute Gasteiger partial charge is 0.356 e. The number of hydrogen-bond acceptors (Lipinski definition) is 9. The van der Waals surface area contributed by atoms with Gasteiger partial charge in [-0.05, 0) is 45.0 Å². The van der Waals surface area contributed by atoms with E-state index >= 15 is 0 Å². The number of aromatic nitrogens is 5. The van der Waals surface area contributed by atoms with E-state index in [1.165, 1.54) is 33.5 Å². The summed E-state index contributed by atoms with van der Waals surface area (Å²) in [6, 6.07) is 4.48. The molecule has 1 saturated heterocycles. The molecule has 0 spiro atoms. The summed E-state index contributed by atoms with van der Waals surface area (Å²) in [7, 11) is -0.0116. The Morgan fingerprint density at radius 3 is 2.72 bits per heavy atom. The van der Waals surface area contributed by atoms with E-state index in [-0.39, 0.29) is 30.5 Å². The fraction of sp³-hybridized carbons (Fsp3) is 0.500. The second-order valence-electron chi connectivity index (χ2n) is 9.17. The van der Waals surface area contributed by atoms with E-state index in [1.807, 2.05) is 0 Å².